The van der Waals surface area contributed by atoms with E-state index in [1.807, 2.05) is 6.92 Å². The molecule has 1 aliphatic heterocycles. The molecule has 0 aromatic heterocycles. The van der Waals surface area contributed by atoms with Crippen molar-refractivity contribution in [3.63, 3.8) is 0 Å². The molecule has 0 bridgehead atoms. The fourth-order valence-electron chi connectivity index (χ4n) is 3.61. The first-order valence-corrected chi connectivity index (χ1v) is 10.5. The molecule has 0 radical (unpaired) electrons. The van der Waals surface area contributed by atoms with E-state index in [0.717, 1.165) is 51.7 Å². The lowest BCUT2D eigenvalue weighted by atomic mass is 9.95. The van der Waals surface area contributed by atoms with Gasteiger partial charge >= 0.3 is 0 Å². The molecule has 29 heavy (non-hydrogen) atoms. The topological polar surface area (TPSA) is 79.9 Å². The van der Waals surface area contributed by atoms with Crippen molar-refractivity contribution in [2.24, 2.45) is 5.92 Å². The summed E-state index contributed by atoms with van der Waals surface area (Å²) in [6.45, 7) is 6.30. The Bertz CT molecular complexity index is 672. The van der Waals surface area contributed by atoms with Crippen LogP contribution >= 0.6 is 0 Å². The van der Waals surface area contributed by atoms with Crippen LogP contribution < -0.4 is 20.1 Å². The predicted octanol–water partition coefficient (Wildman–Crippen LogP) is 3.05. The molecular formula is C22H35N3O4. The Morgan fingerprint density at radius 1 is 1.14 bits per heavy atom. The van der Waals surface area contributed by atoms with Gasteiger partial charge in [-0.2, -0.15) is 0 Å². The molecule has 1 atom stereocenters. The van der Waals surface area contributed by atoms with Gasteiger partial charge in [0.05, 0.1) is 20.3 Å². The third-order valence-corrected chi connectivity index (χ3v) is 5.56. The van der Waals surface area contributed by atoms with Crippen molar-refractivity contribution in [2.45, 2.75) is 52.0 Å². The van der Waals surface area contributed by atoms with Gasteiger partial charge in [-0.1, -0.05) is 19.8 Å². The Balaban J connectivity index is 1.81. The summed E-state index contributed by atoms with van der Waals surface area (Å²) in [7, 11) is 3.14. The smallest absolute Gasteiger partial charge is 0.241 e. The number of hydrogen-bond acceptors (Lipinski definition) is 5. The second-order valence-corrected chi connectivity index (χ2v) is 7.54. The summed E-state index contributed by atoms with van der Waals surface area (Å²) in [6.07, 6.45) is 4.90. The van der Waals surface area contributed by atoms with E-state index in [0.29, 0.717) is 17.2 Å². The number of methoxy groups -OCH3 is 2. The normalized spacial score (nSPS) is 16.1. The number of unbranched alkanes of at least 4 members (excludes halogenated alkanes) is 2. The van der Waals surface area contributed by atoms with Crippen LogP contribution in [0.1, 0.15) is 46.0 Å². The molecule has 1 heterocycles. The highest BCUT2D eigenvalue weighted by Gasteiger charge is 2.29. The molecule has 162 valence electrons. The number of rotatable bonds is 10. The third kappa shape index (κ3) is 6.63. The van der Waals surface area contributed by atoms with Gasteiger partial charge in [0.25, 0.3) is 0 Å². The summed E-state index contributed by atoms with van der Waals surface area (Å²) >= 11 is 0. The lowest BCUT2D eigenvalue weighted by Crippen LogP contribution is -2.48. The second kappa shape index (κ2) is 11.7. The van der Waals surface area contributed by atoms with Crippen molar-refractivity contribution in [3.8, 4) is 11.5 Å². The molecule has 1 aliphatic rings. The molecule has 1 saturated heterocycles. The van der Waals surface area contributed by atoms with E-state index < -0.39 is 0 Å². The average molecular weight is 406 g/mol. The fraction of sp³-hybridized carbons (Fsp3) is 0.636. The molecule has 1 aromatic carbocycles. The maximum Gasteiger partial charge on any atom is 0.241 e. The standard InChI is InChI=1S/C22H35N3O4/c1-5-6-7-12-23-22(27)17-10-13-25(14-11-17)16(2)21(26)24-18-8-9-19(28-3)20(15-18)29-4/h8-9,15-17H,5-7,10-14H2,1-4H3,(H,23,27)(H,24,26). The Labute approximate surface area is 174 Å². The first kappa shape index (κ1) is 23.0. The van der Waals surface area contributed by atoms with E-state index in [-0.39, 0.29) is 23.8 Å². The molecule has 2 amide bonds. The molecule has 1 fully saturated rings. The number of nitrogens with zero attached hydrogens (tertiary/aromatic N) is 1. The molecule has 1 aromatic rings. The fourth-order valence-corrected chi connectivity index (χ4v) is 3.61. The van der Waals surface area contributed by atoms with Crippen molar-refractivity contribution in [1.82, 2.24) is 10.2 Å². The maximum absolute atomic E-state index is 12.7. The lowest BCUT2D eigenvalue weighted by molar-refractivity contribution is -0.127. The van der Waals surface area contributed by atoms with E-state index >= 15 is 0 Å². The van der Waals surface area contributed by atoms with E-state index in [1.165, 1.54) is 0 Å². The molecule has 1 unspecified atom stereocenters. The Hall–Kier alpha value is -2.28. The van der Waals surface area contributed by atoms with E-state index in [9.17, 15) is 9.59 Å². The number of nitrogens with one attached hydrogen (secondary N) is 2. The molecule has 0 saturated carbocycles. The van der Waals surface area contributed by atoms with Crippen molar-refractivity contribution < 1.29 is 19.1 Å². The van der Waals surface area contributed by atoms with Crippen LogP contribution in [0.25, 0.3) is 0 Å². The quantitative estimate of drug-likeness (QED) is 0.585. The van der Waals surface area contributed by atoms with E-state index in [2.05, 4.69) is 22.5 Å². The summed E-state index contributed by atoms with van der Waals surface area (Å²) in [5.74, 6) is 1.33. The first-order chi connectivity index (χ1) is 14.0. The summed E-state index contributed by atoms with van der Waals surface area (Å²) in [5, 5.41) is 5.99. The van der Waals surface area contributed by atoms with Crippen LogP contribution in [0.5, 0.6) is 11.5 Å². The molecule has 7 heteroatoms. The van der Waals surface area contributed by atoms with Crippen molar-refractivity contribution >= 4 is 17.5 Å². The monoisotopic (exact) mass is 405 g/mol. The lowest BCUT2D eigenvalue weighted by Gasteiger charge is -2.34. The van der Waals surface area contributed by atoms with Gasteiger partial charge in [0.2, 0.25) is 11.8 Å². The van der Waals surface area contributed by atoms with Gasteiger partial charge in [0.15, 0.2) is 11.5 Å². The minimum absolute atomic E-state index is 0.0500. The molecule has 0 aliphatic carbocycles. The first-order valence-electron chi connectivity index (χ1n) is 10.5. The van der Waals surface area contributed by atoms with Gasteiger partial charge in [-0.3, -0.25) is 14.5 Å². The largest absolute Gasteiger partial charge is 0.493 e. The van der Waals surface area contributed by atoms with E-state index in [1.54, 1.807) is 32.4 Å². The number of anilines is 1. The zero-order valence-corrected chi connectivity index (χ0v) is 18.1. The van der Waals surface area contributed by atoms with Crippen molar-refractivity contribution in [3.05, 3.63) is 18.2 Å². The summed E-state index contributed by atoms with van der Waals surface area (Å²) < 4.78 is 10.5. The number of likely N-dealkylation sites (tertiary alicyclic amines) is 1. The van der Waals surface area contributed by atoms with Crippen LogP contribution in [-0.4, -0.2) is 56.6 Å². The highest BCUT2D eigenvalue weighted by atomic mass is 16.5. The minimum atomic E-state index is -0.267. The Kier molecular flexibility index (Phi) is 9.25. The molecule has 0 spiro atoms. The summed E-state index contributed by atoms with van der Waals surface area (Å²) in [5.41, 5.74) is 0.667. The number of benzene rings is 1. The Morgan fingerprint density at radius 3 is 2.45 bits per heavy atom. The van der Waals surface area contributed by atoms with Gasteiger partial charge in [-0.25, -0.2) is 0 Å². The van der Waals surface area contributed by atoms with Crippen molar-refractivity contribution in [1.29, 1.82) is 0 Å². The number of carbonyl (C=O) groups excluding carboxylic acids is 2. The minimum Gasteiger partial charge on any atom is -0.493 e. The van der Waals surface area contributed by atoms with Crippen LogP contribution in [0.3, 0.4) is 0 Å². The molecular weight excluding hydrogens is 370 g/mol. The third-order valence-electron chi connectivity index (χ3n) is 5.56. The zero-order chi connectivity index (χ0) is 21.2. The van der Waals surface area contributed by atoms with Gasteiger partial charge < -0.3 is 20.1 Å². The average Bonchev–Trinajstić information content (AvgIpc) is 2.76. The number of carbonyl (C=O) groups is 2. The summed E-state index contributed by atoms with van der Waals surface area (Å²) in [6, 6.07) is 5.04. The van der Waals surface area contributed by atoms with Crippen molar-refractivity contribution in [2.75, 3.05) is 39.2 Å². The van der Waals surface area contributed by atoms with Gasteiger partial charge in [0, 0.05) is 24.2 Å². The van der Waals surface area contributed by atoms with Crippen LogP contribution in [-0.2, 0) is 9.59 Å². The maximum atomic E-state index is 12.7. The highest BCUT2D eigenvalue weighted by molar-refractivity contribution is 5.94. The van der Waals surface area contributed by atoms with Crippen LogP contribution in [0.4, 0.5) is 5.69 Å². The van der Waals surface area contributed by atoms with E-state index in [4.69, 9.17) is 9.47 Å². The summed E-state index contributed by atoms with van der Waals surface area (Å²) in [4.78, 5) is 27.1. The van der Waals surface area contributed by atoms with Gasteiger partial charge in [-0.15, -0.1) is 0 Å². The molecule has 7 nitrogen and oxygen atoms in total. The predicted molar refractivity (Wildman–Crippen MR) is 114 cm³/mol. The molecule has 2 N–H and O–H groups in total. The molecule has 2 rings (SSSR count). The number of hydrogen-bond donors (Lipinski definition) is 2. The van der Waals surface area contributed by atoms with Gasteiger partial charge in [-0.05, 0) is 51.4 Å². The van der Waals surface area contributed by atoms with Gasteiger partial charge in [0.1, 0.15) is 0 Å². The second-order valence-electron chi connectivity index (χ2n) is 7.54. The number of piperidine rings is 1. The Morgan fingerprint density at radius 2 is 1.83 bits per heavy atom. The highest BCUT2D eigenvalue weighted by Crippen LogP contribution is 2.30. The van der Waals surface area contributed by atoms with Crippen LogP contribution in [0, 0.1) is 5.92 Å². The number of amides is 2. The van der Waals surface area contributed by atoms with Crippen LogP contribution in [0.2, 0.25) is 0 Å². The SMILES string of the molecule is CCCCCNC(=O)C1CCN(C(C)C(=O)Nc2ccc(OC)c(OC)c2)CC1. The zero-order valence-electron chi connectivity index (χ0n) is 18.1. The number of ether oxygens (including phenoxy) is 2. The van der Waals surface area contributed by atoms with Crippen LogP contribution in [0.15, 0.2) is 18.2 Å².